The van der Waals surface area contributed by atoms with Gasteiger partial charge in [0.2, 0.25) is 17.8 Å². The molecule has 11 heteroatoms. The van der Waals surface area contributed by atoms with Gasteiger partial charge in [-0.25, -0.2) is 13.8 Å². The highest BCUT2D eigenvalue weighted by molar-refractivity contribution is 6.03. The van der Waals surface area contributed by atoms with Crippen LogP contribution >= 0.6 is 0 Å². The average molecular weight is 450 g/mol. The second-order valence-electron chi connectivity index (χ2n) is 8.84. The van der Waals surface area contributed by atoms with E-state index in [1.807, 2.05) is 6.20 Å². The van der Waals surface area contributed by atoms with Gasteiger partial charge in [0, 0.05) is 44.7 Å². The van der Waals surface area contributed by atoms with Crippen molar-refractivity contribution in [2.45, 2.75) is 70.7 Å². The first-order valence-electron chi connectivity index (χ1n) is 10.9. The largest absolute Gasteiger partial charge is 0.391 e. The Morgan fingerprint density at radius 2 is 2.06 bits per heavy atom. The summed E-state index contributed by atoms with van der Waals surface area (Å²) in [6, 6.07) is -0.734. The first-order chi connectivity index (χ1) is 15.1. The van der Waals surface area contributed by atoms with E-state index in [2.05, 4.69) is 25.7 Å². The minimum absolute atomic E-state index is 0.0484. The smallest absolute Gasteiger partial charge is 0.249 e. The molecule has 2 aromatic rings. The molecule has 1 aliphatic carbocycles. The summed E-state index contributed by atoms with van der Waals surface area (Å²) in [6.45, 7) is 4.43. The van der Waals surface area contributed by atoms with Gasteiger partial charge in [0.1, 0.15) is 11.7 Å². The number of aromatic nitrogens is 4. The zero-order valence-electron chi connectivity index (χ0n) is 18.5. The van der Waals surface area contributed by atoms with Crippen LogP contribution in [0.15, 0.2) is 12.4 Å². The lowest BCUT2D eigenvalue weighted by Crippen LogP contribution is -2.52. The monoisotopic (exact) mass is 449 g/mol. The summed E-state index contributed by atoms with van der Waals surface area (Å²) in [5.74, 6) is -1.66. The number of aliphatic hydroxyl groups is 1. The predicted molar refractivity (Wildman–Crippen MR) is 116 cm³/mol. The standard InChI is InChI=1S/C21H29F2N7O2/c1-12-16-18(29(3)17(13(2)31)19(32)27-16)28-20(26-12)24-8-15-9-25-30(11-15)10-14-4-6-21(22,23)7-5-14/h9,11,13-14,17,31H,4-8,10H2,1-3H3,(H,27,32)(H,24,26,28)/t13-,17+/m1/s1. The molecule has 4 rings (SSSR count). The molecule has 3 heterocycles. The van der Waals surface area contributed by atoms with E-state index in [4.69, 9.17) is 0 Å². The quantitative estimate of drug-likeness (QED) is 0.622. The Labute approximate surface area is 185 Å². The summed E-state index contributed by atoms with van der Waals surface area (Å²) in [6.07, 6.45) is 3.72. The highest BCUT2D eigenvalue weighted by Crippen LogP contribution is 2.37. The third-order valence-corrected chi connectivity index (χ3v) is 6.22. The van der Waals surface area contributed by atoms with Crippen molar-refractivity contribution in [1.29, 1.82) is 0 Å². The van der Waals surface area contributed by atoms with Gasteiger partial charge < -0.3 is 20.6 Å². The Balaban J connectivity index is 1.40. The van der Waals surface area contributed by atoms with Crippen LogP contribution in [0.5, 0.6) is 0 Å². The van der Waals surface area contributed by atoms with Crippen LogP contribution in [0.2, 0.25) is 0 Å². The number of halogens is 2. The number of nitrogens with zero attached hydrogens (tertiary/aromatic N) is 5. The van der Waals surface area contributed by atoms with E-state index in [1.165, 1.54) is 0 Å². The summed E-state index contributed by atoms with van der Waals surface area (Å²) in [4.78, 5) is 22.9. The number of amides is 1. The molecule has 0 radical (unpaired) electrons. The molecule has 32 heavy (non-hydrogen) atoms. The molecule has 3 N–H and O–H groups in total. The predicted octanol–water partition coefficient (Wildman–Crippen LogP) is 2.56. The van der Waals surface area contributed by atoms with E-state index in [-0.39, 0.29) is 24.7 Å². The Kier molecular flexibility index (Phi) is 6.02. The molecule has 0 spiro atoms. The van der Waals surface area contributed by atoms with Crippen molar-refractivity contribution >= 4 is 23.4 Å². The van der Waals surface area contributed by atoms with Crippen molar-refractivity contribution in [2.75, 3.05) is 22.6 Å². The minimum atomic E-state index is -2.52. The zero-order valence-corrected chi connectivity index (χ0v) is 18.5. The van der Waals surface area contributed by atoms with Crippen LogP contribution in [0.1, 0.15) is 43.9 Å². The average Bonchev–Trinajstić information content (AvgIpc) is 3.16. The molecule has 1 aliphatic heterocycles. The Morgan fingerprint density at radius 1 is 1.34 bits per heavy atom. The lowest BCUT2D eigenvalue weighted by molar-refractivity contribution is -0.119. The lowest BCUT2D eigenvalue weighted by Gasteiger charge is -2.36. The number of likely N-dealkylation sites (N-methyl/N-ethyl adjacent to an activating group) is 1. The lowest BCUT2D eigenvalue weighted by atomic mass is 9.87. The Hall–Kier alpha value is -2.82. The third kappa shape index (κ3) is 4.67. The van der Waals surface area contributed by atoms with Crippen LogP contribution in [0.25, 0.3) is 0 Å². The van der Waals surface area contributed by atoms with Crippen molar-refractivity contribution in [3.8, 4) is 0 Å². The third-order valence-electron chi connectivity index (χ3n) is 6.22. The van der Waals surface area contributed by atoms with Crippen LogP contribution in [0.4, 0.5) is 26.2 Å². The van der Waals surface area contributed by atoms with Crippen LogP contribution in [-0.2, 0) is 17.9 Å². The number of fused-ring (bicyclic) bond motifs is 1. The summed E-state index contributed by atoms with van der Waals surface area (Å²) in [7, 11) is 1.72. The second-order valence-corrected chi connectivity index (χ2v) is 8.84. The topological polar surface area (TPSA) is 108 Å². The molecule has 9 nitrogen and oxygen atoms in total. The number of aryl methyl sites for hydroxylation is 1. The van der Waals surface area contributed by atoms with E-state index >= 15 is 0 Å². The fraction of sp³-hybridized carbons (Fsp3) is 0.619. The van der Waals surface area contributed by atoms with Gasteiger partial charge in [-0.05, 0) is 32.6 Å². The van der Waals surface area contributed by atoms with Gasteiger partial charge in [-0.1, -0.05) is 0 Å². The van der Waals surface area contributed by atoms with Gasteiger partial charge in [0.05, 0.1) is 18.0 Å². The van der Waals surface area contributed by atoms with Gasteiger partial charge in [0.25, 0.3) is 0 Å². The fourth-order valence-corrected chi connectivity index (χ4v) is 4.41. The van der Waals surface area contributed by atoms with Gasteiger partial charge in [0.15, 0.2) is 5.82 Å². The maximum absolute atomic E-state index is 13.3. The van der Waals surface area contributed by atoms with Crippen molar-refractivity contribution < 1.29 is 18.7 Å². The molecular formula is C21H29F2N7O2. The SMILES string of the molecule is Cc1nc(NCc2cnn(CC3CCC(F)(F)CC3)c2)nc2c1NC(=O)[C@H]([C@@H](C)O)N2C. The molecule has 174 valence electrons. The number of aliphatic hydroxyl groups excluding tert-OH is 1. The van der Waals surface area contributed by atoms with E-state index in [0.29, 0.717) is 49.1 Å². The molecule has 2 aliphatic rings. The minimum Gasteiger partial charge on any atom is -0.391 e. The van der Waals surface area contributed by atoms with Crippen molar-refractivity contribution in [3.05, 3.63) is 23.7 Å². The number of hydrogen-bond donors (Lipinski definition) is 3. The van der Waals surface area contributed by atoms with Crippen molar-refractivity contribution in [3.63, 3.8) is 0 Å². The van der Waals surface area contributed by atoms with Crippen LogP contribution in [-0.4, -0.2) is 55.9 Å². The fourth-order valence-electron chi connectivity index (χ4n) is 4.41. The molecule has 1 saturated carbocycles. The summed E-state index contributed by atoms with van der Waals surface area (Å²) in [5, 5.41) is 20.3. The maximum atomic E-state index is 13.3. The van der Waals surface area contributed by atoms with Gasteiger partial charge in [-0.2, -0.15) is 10.1 Å². The summed E-state index contributed by atoms with van der Waals surface area (Å²) < 4.78 is 28.5. The summed E-state index contributed by atoms with van der Waals surface area (Å²) in [5.41, 5.74) is 2.07. The molecule has 0 unspecified atom stereocenters. The van der Waals surface area contributed by atoms with E-state index in [0.717, 1.165) is 5.56 Å². The van der Waals surface area contributed by atoms with Gasteiger partial charge in [-0.15, -0.1) is 0 Å². The molecular weight excluding hydrogens is 420 g/mol. The molecule has 0 aromatic carbocycles. The van der Waals surface area contributed by atoms with Crippen LogP contribution in [0, 0.1) is 12.8 Å². The Morgan fingerprint density at radius 3 is 2.75 bits per heavy atom. The first kappa shape index (κ1) is 22.4. The Bertz CT molecular complexity index is 985. The second kappa shape index (κ2) is 8.61. The number of hydrogen-bond acceptors (Lipinski definition) is 7. The van der Waals surface area contributed by atoms with Crippen LogP contribution < -0.4 is 15.5 Å². The van der Waals surface area contributed by atoms with Crippen LogP contribution in [0.3, 0.4) is 0 Å². The summed E-state index contributed by atoms with van der Waals surface area (Å²) >= 11 is 0. The molecule has 2 aromatic heterocycles. The van der Waals surface area contributed by atoms with E-state index in [9.17, 15) is 18.7 Å². The molecule has 0 bridgehead atoms. The molecule has 1 fully saturated rings. The number of nitrogens with one attached hydrogen (secondary N) is 2. The number of alkyl halides is 2. The van der Waals surface area contributed by atoms with Gasteiger partial charge >= 0.3 is 0 Å². The zero-order chi connectivity index (χ0) is 23.0. The van der Waals surface area contributed by atoms with E-state index < -0.39 is 18.1 Å². The van der Waals surface area contributed by atoms with E-state index in [1.54, 1.807) is 36.7 Å². The van der Waals surface area contributed by atoms with Crippen molar-refractivity contribution in [2.24, 2.45) is 5.92 Å². The van der Waals surface area contributed by atoms with Gasteiger partial charge in [-0.3, -0.25) is 9.48 Å². The number of rotatable bonds is 6. The normalized spacial score (nSPS) is 21.8. The number of carbonyl (C=O) groups excluding carboxylic acids is 1. The maximum Gasteiger partial charge on any atom is 0.249 e. The first-order valence-corrected chi connectivity index (χ1v) is 10.9. The highest BCUT2D eigenvalue weighted by atomic mass is 19.3. The molecule has 2 atom stereocenters. The molecule has 0 saturated heterocycles. The number of anilines is 3. The van der Waals surface area contributed by atoms with Crippen molar-refractivity contribution in [1.82, 2.24) is 19.7 Å². The molecule has 1 amide bonds. The number of carbonyl (C=O) groups is 1. The highest BCUT2D eigenvalue weighted by Gasteiger charge is 2.37.